The van der Waals surface area contributed by atoms with Crippen LogP contribution in [-0.2, 0) is 4.79 Å². The van der Waals surface area contributed by atoms with Crippen LogP contribution in [0.1, 0.15) is 19.3 Å². The van der Waals surface area contributed by atoms with Crippen LogP contribution in [0.5, 0.6) is 0 Å². The van der Waals surface area contributed by atoms with Gasteiger partial charge in [-0.25, -0.2) is 4.98 Å². The van der Waals surface area contributed by atoms with Crippen LogP contribution in [-0.4, -0.2) is 33.4 Å². The highest BCUT2D eigenvalue weighted by Gasteiger charge is 2.33. The van der Waals surface area contributed by atoms with Crippen LogP contribution in [0.25, 0.3) is 0 Å². The Morgan fingerprint density at radius 3 is 2.95 bits per heavy atom. The van der Waals surface area contributed by atoms with Crippen LogP contribution < -0.4 is 10.6 Å². The minimum absolute atomic E-state index is 0.0495. The number of nitro groups is 1. The summed E-state index contributed by atoms with van der Waals surface area (Å²) in [6, 6.07) is -0.599. The number of nitrogens with zero attached hydrogens (tertiary/aromatic N) is 4. The van der Waals surface area contributed by atoms with E-state index in [0.29, 0.717) is 13.0 Å². The second kappa shape index (κ2) is 5.35. The molecule has 0 saturated carbocycles. The smallest absolute Gasteiger partial charge is 0.329 e. The van der Waals surface area contributed by atoms with E-state index in [2.05, 4.69) is 9.97 Å². The summed E-state index contributed by atoms with van der Waals surface area (Å²) in [5, 5.41) is 10.9. The molecule has 19 heavy (non-hydrogen) atoms. The molecule has 102 valence electrons. The third-order valence-corrected chi connectivity index (χ3v) is 3.20. The van der Waals surface area contributed by atoms with Gasteiger partial charge in [0.05, 0.1) is 4.92 Å². The Bertz CT molecular complexity index is 524. The van der Waals surface area contributed by atoms with E-state index in [1.54, 1.807) is 0 Å². The number of aromatic nitrogens is 2. The van der Waals surface area contributed by atoms with E-state index in [0.717, 1.165) is 19.0 Å². The van der Waals surface area contributed by atoms with Crippen molar-refractivity contribution >= 4 is 29.0 Å². The van der Waals surface area contributed by atoms with Gasteiger partial charge in [0, 0.05) is 6.54 Å². The maximum absolute atomic E-state index is 11.4. The third kappa shape index (κ3) is 2.73. The molecule has 2 heterocycles. The fourth-order valence-corrected chi connectivity index (χ4v) is 2.30. The maximum atomic E-state index is 11.4. The number of piperidine rings is 1. The summed E-state index contributed by atoms with van der Waals surface area (Å²) >= 11 is 5.68. The first-order valence-electron chi connectivity index (χ1n) is 5.73. The van der Waals surface area contributed by atoms with E-state index in [4.69, 9.17) is 17.3 Å². The lowest BCUT2D eigenvalue weighted by molar-refractivity contribution is -0.384. The van der Waals surface area contributed by atoms with Crippen LogP contribution in [0, 0.1) is 10.1 Å². The lowest BCUT2D eigenvalue weighted by Gasteiger charge is -2.33. The quantitative estimate of drug-likeness (QED) is 0.501. The normalized spacial score (nSPS) is 19.2. The molecule has 1 unspecified atom stereocenters. The number of primary amides is 1. The molecule has 1 amide bonds. The number of carbonyl (C=O) groups is 1. The van der Waals surface area contributed by atoms with Crippen molar-refractivity contribution in [1.82, 2.24) is 9.97 Å². The number of hydrogen-bond acceptors (Lipinski definition) is 6. The summed E-state index contributed by atoms with van der Waals surface area (Å²) in [5.41, 5.74) is 5.05. The Balaban J connectivity index is 2.46. The topological polar surface area (TPSA) is 115 Å². The van der Waals surface area contributed by atoms with Crippen molar-refractivity contribution < 1.29 is 9.72 Å². The molecular weight excluding hydrogens is 274 g/mol. The van der Waals surface area contributed by atoms with Gasteiger partial charge in [-0.15, -0.1) is 0 Å². The van der Waals surface area contributed by atoms with Crippen molar-refractivity contribution in [2.45, 2.75) is 25.3 Å². The highest BCUT2D eigenvalue weighted by Crippen LogP contribution is 2.31. The van der Waals surface area contributed by atoms with Crippen LogP contribution >= 0.6 is 11.6 Å². The molecule has 1 fully saturated rings. The average molecular weight is 286 g/mol. The Hall–Kier alpha value is -1.96. The molecule has 0 radical (unpaired) electrons. The van der Waals surface area contributed by atoms with Crippen molar-refractivity contribution in [3.8, 4) is 0 Å². The molecule has 0 bridgehead atoms. The van der Waals surface area contributed by atoms with Gasteiger partial charge in [-0.1, -0.05) is 0 Å². The number of rotatable bonds is 3. The van der Waals surface area contributed by atoms with Gasteiger partial charge in [0.2, 0.25) is 17.0 Å². The van der Waals surface area contributed by atoms with Crippen molar-refractivity contribution in [2.24, 2.45) is 5.73 Å². The number of anilines is 1. The first-order chi connectivity index (χ1) is 9.00. The van der Waals surface area contributed by atoms with Crippen molar-refractivity contribution in [3.05, 3.63) is 21.6 Å². The molecular formula is C10H12ClN5O3. The van der Waals surface area contributed by atoms with Crippen LogP contribution in [0.4, 0.5) is 11.5 Å². The van der Waals surface area contributed by atoms with Crippen LogP contribution in [0.15, 0.2) is 6.20 Å². The summed E-state index contributed by atoms with van der Waals surface area (Å²) in [7, 11) is 0. The van der Waals surface area contributed by atoms with Gasteiger partial charge in [0.25, 0.3) is 0 Å². The Kier molecular flexibility index (Phi) is 3.79. The standard InChI is InChI=1S/C10H12ClN5O3/c11-10-13-5-7(16(18)19)9(14-10)15-4-2-1-3-6(15)8(12)17/h5-6H,1-4H2,(H2,12,17). The number of amides is 1. The molecule has 2 rings (SSSR count). The molecule has 9 heteroatoms. The molecule has 8 nitrogen and oxygen atoms in total. The molecule has 1 atom stereocenters. The molecule has 1 aromatic rings. The molecule has 1 aliphatic heterocycles. The minimum Gasteiger partial charge on any atom is -0.368 e. The number of hydrogen-bond donors (Lipinski definition) is 1. The van der Waals surface area contributed by atoms with Gasteiger partial charge >= 0.3 is 5.69 Å². The van der Waals surface area contributed by atoms with E-state index in [1.807, 2.05) is 0 Å². The van der Waals surface area contributed by atoms with Gasteiger partial charge in [-0.2, -0.15) is 4.98 Å². The van der Waals surface area contributed by atoms with Crippen LogP contribution in [0.2, 0.25) is 5.28 Å². The molecule has 1 saturated heterocycles. The fourth-order valence-electron chi connectivity index (χ4n) is 2.17. The largest absolute Gasteiger partial charge is 0.368 e. The van der Waals surface area contributed by atoms with E-state index in [9.17, 15) is 14.9 Å². The number of carbonyl (C=O) groups excluding carboxylic acids is 1. The van der Waals surface area contributed by atoms with E-state index in [-0.39, 0.29) is 16.8 Å². The van der Waals surface area contributed by atoms with Crippen LogP contribution in [0.3, 0.4) is 0 Å². The predicted molar refractivity (Wildman–Crippen MR) is 67.9 cm³/mol. The molecule has 1 aliphatic rings. The number of halogens is 1. The van der Waals surface area contributed by atoms with Crippen molar-refractivity contribution in [2.75, 3.05) is 11.4 Å². The number of nitrogens with two attached hydrogens (primary N) is 1. The molecule has 1 aromatic heterocycles. The fraction of sp³-hybridized carbons (Fsp3) is 0.500. The first kappa shape index (κ1) is 13.5. The van der Waals surface area contributed by atoms with Crippen molar-refractivity contribution in [1.29, 1.82) is 0 Å². The lowest BCUT2D eigenvalue weighted by atomic mass is 10.0. The van der Waals surface area contributed by atoms with Gasteiger partial charge < -0.3 is 10.6 Å². The maximum Gasteiger partial charge on any atom is 0.329 e. The predicted octanol–water partition coefficient (Wildman–Crippen LogP) is 0.882. The van der Waals surface area contributed by atoms with E-state index < -0.39 is 16.9 Å². The highest BCUT2D eigenvalue weighted by atomic mass is 35.5. The average Bonchev–Trinajstić information content (AvgIpc) is 2.38. The molecule has 0 spiro atoms. The summed E-state index contributed by atoms with van der Waals surface area (Å²) in [6.07, 6.45) is 3.24. The lowest BCUT2D eigenvalue weighted by Crippen LogP contribution is -2.48. The zero-order chi connectivity index (χ0) is 14.0. The van der Waals surface area contributed by atoms with Crippen molar-refractivity contribution in [3.63, 3.8) is 0 Å². The zero-order valence-corrected chi connectivity index (χ0v) is 10.7. The zero-order valence-electron chi connectivity index (χ0n) is 9.95. The summed E-state index contributed by atoms with van der Waals surface area (Å²) in [4.78, 5) is 30.8. The molecule has 2 N–H and O–H groups in total. The SMILES string of the molecule is NC(=O)C1CCCCN1c1nc(Cl)ncc1[N+](=O)[O-]. The van der Waals surface area contributed by atoms with Gasteiger partial charge in [0.15, 0.2) is 0 Å². The summed E-state index contributed by atoms with van der Waals surface area (Å²) in [6.45, 7) is 0.474. The summed E-state index contributed by atoms with van der Waals surface area (Å²) in [5.74, 6) is -0.475. The van der Waals surface area contributed by atoms with Gasteiger partial charge in [-0.05, 0) is 30.9 Å². The van der Waals surface area contributed by atoms with Gasteiger partial charge in [-0.3, -0.25) is 14.9 Å². The Morgan fingerprint density at radius 1 is 1.58 bits per heavy atom. The molecule has 0 aromatic carbocycles. The Labute approximate surface area is 113 Å². The second-order valence-electron chi connectivity index (χ2n) is 4.21. The first-order valence-corrected chi connectivity index (χ1v) is 6.11. The summed E-state index contributed by atoms with van der Waals surface area (Å²) < 4.78 is 0. The van der Waals surface area contributed by atoms with E-state index in [1.165, 1.54) is 4.90 Å². The highest BCUT2D eigenvalue weighted by molar-refractivity contribution is 6.28. The third-order valence-electron chi connectivity index (χ3n) is 3.02. The van der Waals surface area contributed by atoms with Gasteiger partial charge in [0.1, 0.15) is 12.2 Å². The Morgan fingerprint density at radius 2 is 2.32 bits per heavy atom. The monoisotopic (exact) mass is 285 g/mol. The minimum atomic E-state index is -0.599. The molecule has 0 aliphatic carbocycles. The second-order valence-corrected chi connectivity index (χ2v) is 4.55. The van der Waals surface area contributed by atoms with E-state index >= 15 is 0 Å².